The number of allylic oxidation sites excluding steroid dienone is 1. The zero-order valence-corrected chi connectivity index (χ0v) is 15.5. The minimum atomic E-state index is -0.852. The molecule has 0 aliphatic heterocycles. The molecule has 0 amide bonds. The van der Waals surface area contributed by atoms with Crippen LogP contribution in [0.25, 0.3) is 6.08 Å². The van der Waals surface area contributed by atoms with Crippen LogP contribution in [0.3, 0.4) is 0 Å². The Morgan fingerprint density at radius 3 is 2.57 bits per heavy atom. The summed E-state index contributed by atoms with van der Waals surface area (Å²) in [6, 6.07) is 18.1. The summed E-state index contributed by atoms with van der Waals surface area (Å²) >= 11 is 0. The molecule has 0 atom stereocenters. The molecule has 0 saturated heterocycles. The number of ketones is 1. The molecule has 0 fully saturated rings. The smallest absolute Gasteiger partial charge is 0.307 e. The molecule has 0 radical (unpaired) electrons. The van der Waals surface area contributed by atoms with Crippen molar-refractivity contribution < 1.29 is 19.4 Å². The van der Waals surface area contributed by atoms with Gasteiger partial charge in [-0.1, -0.05) is 36.4 Å². The van der Waals surface area contributed by atoms with Gasteiger partial charge in [0, 0.05) is 18.3 Å². The van der Waals surface area contributed by atoms with Gasteiger partial charge in [0.05, 0.1) is 19.2 Å². The summed E-state index contributed by atoms with van der Waals surface area (Å²) < 4.78 is 7.01. The number of hydrogen-bond acceptors (Lipinski definition) is 3. The number of hydrogen-bond donors (Lipinski definition) is 1. The Bertz CT molecular complexity index is 999. The molecule has 0 saturated carbocycles. The summed E-state index contributed by atoms with van der Waals surface area (Å²) in [6.07, 6.45) is 5.74. The summed E-state index contributed by atoms with van der Waals surface area (Å²) in [5, 5.41) is 8.90. The Labute approximate surface area is 163 Å². The number of carbonyl (C=O) groups excluding carboxylic acids is 1. The number of benzene rings is 2. The second-order valence-corrected chi connectivity index (χ2v) is 6.32. The number of carbonyl (C=O) groups is 2. The third-order valence-electron chi connectivity index (χ3n) is 4.33. The lowest BCUT2D eigenvalue weighted by Gasteiger charge is -2.07. The molecule has 1 N–H and O–H groups in total. The van der Waals surface area contributed by atoms with Crippen LogP contribution in [-0.4, -0.2) is 28.5 Å². The van der Waals surface area contributed by atoms with Crippen LogP contribution in [0, 0.1) is 0 Å². The number of aliphatic carboxylic acids is 1. The maximum absolute atomic E-state index is 12.8. The molecular formula is C23H21NO4. The predicted octanol–water partition coefficient (Wildman–Crippen LogP) is 4.07. The van der Waals surface area contributed by atoms with E-state index in [1.54, 1.807) is 43.5 Å². The van der Waals surface area contributed by atoms with Crippen molar-refractivity contribution in [2.45, 2.75) is 13.0 Å². The van der Waals surface area contributed by atoms with E-state index in [0.717, 1.165) is 11.1 Å². The summed E-state index contributed by atoms with van der Waals surface area (Å²) in [5.41, 5.74) is 2.89. The summed E-state index contributed by atoms with van der Waals surface area (Å²) in [4.78, 5) is 23.6. The number of methoxy groups -OCH3 is 1. The van der Waals surface area contributed by atoms with Crippen molar-refractivity contribution in [3.63, 3.8) is 0 Å². The second kappa shape index (κ2) is 8.86. The minimum absolute atomic E-state index is 0.000207. The topological polar surface area (TPSA) is 68.5 Å². The van der Waals surface area contributed by atoms with Crippen LogP contribution in [0.2, 0.25) is 0 Å². The van der Waals surface area contributed by atoms with Gasteiger partial charge in [-0.3, -0.25) is 9.59 Å². The van der Waals surface area contributed by atoms with Crippen LogP contribution in [0.15, 0.2) is 72.9 Å². The third kappa shape index (κ3) is 4.76. The number of carboxylic acids is 1. The number of nitrogens with zero attached hydrogens (tertiary/aromatic N) is 1. The van der Waals surface area contributed by atoms with Crippen LogP contribution in [0.4, 0.5) is 0 Å². The fraction of sp³-hybridized carbons (Fsp3) is 0.130. The van der Waals surface area contributed by atoms with E-state index in [-0.39, 0.29) is 12.2 Å². The standard InChI is InChI=1S/C23H21NO4/c1-28-20-11-9-19(10-12-20)23(27)21-8-4-14-24(21)13-3-7-17-5-2-6-18(15-17)16-22(25)26/h2-12,14-15H,13,16H2,1H3,(H,25,26)/b7-3+. The highest BCUT2D eigenvalue weighted by atomic mass is 16.5. The zero-order chi connectivity index (χ0) is 19.9. The van der Waals surface area contributed by atoms with Crippen LogP contribution in [0.1, 0.15) is 27.2 Å². The molecule has 3 rings (SSSR count). The van der Waals surface area contributed by atoms with E-state index in [2.05, 4.69) is 0 Å². The van der Waals surface area contributed by atoms with Crippen molar-refractivity contribution in [2.24, 2.45) is 0 Å². The molecule has 1 aromatic heterocycles. The van der Waals surface area contributed by atoms with Gasteiger partial charge in [-0.15, -0.1) is 0 Å². The quantitative estimate of drug-likeness (QED) is 0.603. The maximum Gasteiger partial charge on any atom is 0.307 e. The van der Waals surface area contributed by atoms with Gasteiger partial charge >= 0.3 is 5.97 Å². The van der Waals surface area contributed by atoms with E-state index >= 15 is 0 Å². The Morgan fingerprint density at radius 1 is 1.07 bits per heavy atom. The van der Waals surface area contributed by atoms with Crippen molar-refractivity contribution in [1.82, 2.24) is 4.57 Å². The second-order valence-electron chi connectivity index (χ2n) is 6.32. The first-order chi connectivity index (χ1) is 13.6. The maximum atomic E-state index is 12.8. The Morgan fingerprint density at radius 2 is 1.86 bits per heavy atom. The fourth-order valence-electron chi connectivity index (χ4n) is 2.95. The molecular weight excluding hydrogens is 354 g/mol. The number of aromatic nitrogens is 1. The van der Waals surface area contributed by atoms with Crippen LogP contribution >= 0.6 is 0 Å². The first-order valence-corrected chi connectivity index (χ1v) is 8.88. The van der Waals surface area contributed by atoms with E-state index in [9.17, 15) is 9.59 Å². The van der Waals surface area contributed by atoms with E-state index in [1.165, 1.54) is 0 Å². The van der Waals surface area contributed by atoms with Crippen LogP contribution in [0.5, 0.6) is 5.75 Å². The highest BCUT2D eigenvalue weighted by Crippen LogP contribution is 2.16. The predicted molar refractivity (Wildman–Crippen MR) is 108 cm³/mol. The normalized spacial score (nSPS) is 10.9. The Kier molecular flexibility index (Phi) is 6.07. The molecule has 5 heteroatoms. The van der Waals surface area contributed by atoms with Gasteiger partial charge in [-0.2, -0.15) is 0 Å². The number of ether oxygens (including phenoxy) is 1. The van der Waals surface area contributed by atoms with E-state index in [4.69, 9.17) is 9.84 Å². The lowest BCUT2D eigenvalue weighted by Crippen LogP contribution is -2.09. The lowest BCUT2D eigenvalue weighted by molar-refractivity contribution is -0.136. The van der Waals surface area contributed by atoms with Crippen molar-refractivity contribution in [2.75, 3.05) is 7.11 Å². The zero-order valence-electron chi connectivity index (χ0n) is 15.5. The van der Waals surface area contributed by atoms with E-state index < -0.39 is 5.97 Å². The van der Waals surface area contributed by atoms with Gasteiger partial charge < -0.3 is 14.4 Å². The number of carboxylic acid groups (broad SMARTS) is 1. The molecule has 28 heavy (non-hydrogen) atoms. The molecule has 142 valence electrons. The van der Waals surface area contributed by atoms with Gasteiger partial charge in [0.15, 0.2) is 0 Å². The Balaban J connectivity index is 1.71. The molecule has 0 unspecified atom stereocenters. The molecule has 0 aliphatic carbocycles. The first kappa shape index (κ1) is 19.2. The van der Waals surface area contributed by atoms with Gasteiger partial charge in [0.25, 0.3) is 0 Å². The van der Waals surface area contributed by atoms with Gasteiger partial charge in [-0.25, -0.2) is 0 Å². The van der Waals surface area contributed by atoms with Crippen molar-refractivity contribution in [3.05, 3.63) is 95.3 Å². The molecule has 0 spiro atoms. The third-order valence-corrected chi connectivity index (χ3v) is 4.33. The monoisotopic (exact) mass is 375 g/mol. The van der Waals surface area contributed by atoms with E-state index in [1.807, 2.05) is 47.2 Å². The molecule has 3 aromatic rings. The summed E-state index contributed by atoms with van der Waals surface area (Å²) in [5.74, 6) is -0.195. The molecule has 5 nitrogen and oxygen atoms in total. The molecule has 1 heterocycles. The van der Waals surface area contributed by atoms with Gasteiger partial charge in [0.2, 0.25) is 5.78 Å². The molecule has 2 aromatic carbocycles. The van der Waals surface area contributed by atoms with Crippen LogP contribution < -0.4 is 4.74 Å². The van der Waals surface area contributed by atoms with Gasteiger partial charge in [-0.05, 0) is 47.5 Å². The molecule has 0 bridgehead atoms. The van der Waals surface area contributed by atoms with Crippen LogP contribution in [-0.2, 0) is 17.8 Å². The lowest BCUT2D eigenvalue weighted by atomic mass is 10.1. The fourth-order valence-corrected chi connectivity index (χ4v) is 2.95. The first-order valence-electron chi connectivity index (χ1n) is 8.88. The average Bonchev–Trinajstić information content (AvgIpc) is 3.16. The Hall–Kier alpha value is -3.60. The van der Waals surface area contributed by atoms with Crippen molar-refractivity contribution >= 4 is 17.8 Å². The largest absolute Gasteiger partial charge is 0.497 e. The van der Waals surface area contributed by atoms with Gasteiger partial charge in [0.1, 0.15) is 5.75 Å². The van der Waals surface area contributed by atoms with Crippen molar-refractivity contribution in [1.29, 1.82) is 0 Å². The van der Waals surface area contributed by atoms with E-state index in [0.29, 0.717) is 23.6 Å². The highest BCUT2D eigenvalue weighted by Gasteiger charge is 2.12. The number of rotatable bonds is 8. The minimum Gasteiger partial charge on any atom is -0.497 e. The highest BCUT2D eigenvalue weighted by molar-refractivity contribution is 6.08. The summed E-state index contributed by atoms with van der Waals surface area (Å²) in [7, 11) is 1.59. The average molecular weight is 375 g/mol. The molecule has 0 aliphatic rings. The van der Waals surface area contributed by atoms with Crippen molar-refractivity contribution in [3.8, 4) is 5.75 Å². The SMILES string of the molecule is COc1ccc(C(=O)c2cccn2C/C=C/c2cccc(CC(=O)O)c2)cc1. The summed E-state index contributed by atoms with van der Waals surface area (Å²) in [6.45, 7) is 0.535.